The third-order valence-electron chi connectivity index (χ3n) is 3.89. The minimum atomic E-state index is -0.0372. The molecule has 1 aliphatic heterocycles. The normalized spacial score (nSPS) is 20.9. The predicted octanol–water partition coefficient (Wildman–Crippen LogP) is 2.73. The van der Waals surface area contributed by atoms with Gasteiger partial charge in [-0.05, 0) is 55.8 Å². The van der Waals surface area contributed by atoms with Gasteiger partial charge in [-0.25, -0.2) is 0 Å². The van der Waals surface area contributed by atoms with Gasteiger partial charge in [-0.3, -0.25) is 4.79 Å². The lowest BCUT2D eigenvalue weighted by Crippen LogP contribution is -2.35. The van der Waals surface area contributed by atoms with Crippen LogP contribution < -0.4 is 10.6 Å². The van der Waals surface area contributed by atoms with Crippen LogP contribution in [0.3, 0.4) is 0 Å². The molecule has 2 N–H and O–H groups in total. The zero-order valence-corrected chi connectivity index (χ0v) is 13.0. The molecule has 1 heterocycles. The summed E-state index contributed by atoms with van der Waals surface area (Å²) in [7, 11) is 0. The Balaban J connectivity index is 0.00000161. The summed E-state index contributed by atoms with van der Waals surface area (Å²) >= 11 is 0. The second kappa shape index (κ2) is 7.78. The summed E-state index contributed by atoms with van der Waals surface area (Å²) in [6, 6.07) is 7.89. The van der Waals surface area contributed by atoms with E-state index in [0.29, 0.717) is 6.61 Å². The van der Waals surface area contributed by atoms with E-state index in [4.69, 9.17) is 4.74 Å². The third-order valence-corrected chi connectivity index (χ3v) is 3.89. The number of ether oxygens (including phenoxy) is 1. The lowest BCUT2D eigenvalue weighted by atomic mass is 10.2. The van der Waals surface area contributed by atoms with Crippen LogP contribution in [0.1, 0.15) is 31.2 Å². The average molecular weight is 311 g/mol. The molecule has 116 valence electrons. The molecule has 0 spiro atoms. The predicted molar refractivity (Wildman–Crippen MR) is 85.7 cm³/mol. The molecule has 1 unspecified atom stereocenters. The van der Waals surface area contributed by atoms with E-state index in [1.165, 1.54) is 12.8 Å². The van der Waals surface area contributed by atoms with Crippen molar-refractivity contribution in [3.05, 3.63) is 29.8 Å². The Hall–Kier alpha value is -1.10. The van der Waals surface area contributed by atoms with Gasteiger partial charge in [0.1, 0.15) is 0 Å². The number of rotatable bonds is 6. The number of amides is 1. The fraction of sp³-hybridized carbons (Fsp3) is 0.562. The molecule has 1 saturated carbocycles. The minimum Gasteiger partial charge on any atom is -0.376 e. The number of carbonyl (C=O) groups excluding carboxylic acids is 1. The average Bonchev–Trinajstić information content (AvgIpc) is 3.10. The smallest absolute Gasteiger partial charge is 0.241 e. The van der Waals surface area contributed by atoms with E-state index in [-0.39, 0.29) is 24.4 Å². The molecular weight excluding hydrogens is 288 g/mol. The van der Waals surface area contributed by atoms with Crippen molar-refractivity contribution in [2.24, 2.45) is 5.92 Å². The van der Waals surface area contributed by atoms with Crippen molar-refractivity contribution in [1.29, 1.82) is 0 Å². The molecular formula is C16H23ClN2O2. The lowest BCUT2D eigenvalue weighted by Gasteiger charge is -2.12. The molecule has 0 bridgehead atoms. The van der Waals surface area contributed by atoms with E-state index < -0.39 is 0 Å². The highest BCUT2D eigenvalue weighted by atomic mass is 35.5. The van der Waals surface area contributed by atoms with Crippen molar-refractivity contribution in [2.75, 3.05) is 18.5 Å². The van der Waals surface area contributed by atoms with Crippen molar-refractivity contribution < 1.29 is 9.53 Å². The Kier molecular flexibility index (Phi) is 6.03. The molecule has 1 amide bonds. The van der Waals surface area contributed by atoms with Crippen LogP contribution >= 0.6 is 12.4 Å². The molecule has 2 fully saturated rings. The zero-order valence-electron chi connectivity index (χ0n) is 12.1. The van der Waals surface area contributed by atoms with Crippen molar-refractivity contribution >= 4 is 24.0 Å². The quantitative estimate of drug-likeness (QED) is 0.849. The first-order chi connectivity index (χ1) is 9.81. The van der Waals surface area contributed by atoms with Crippen molar-refractivity contribution in [1.82, 2.24) is 5.32 Å². The van der Waals surface area contributed by atoms with E-state index >= 15 is 0 Å². The van der Waals surface area contributed by atoms with Gasteiger partial charge in [0.2, 0.25) is 5.91 Å². The molecule has 2 aliphatic rings. The highest BCUT2D eigenvalue weighted by molar-refractivity contribution is 5.95. The summed E-state index contributed by atoms with van der Waals surface area (Å²) in [5.41, 5.74) is 1.97. The van der Waals surface area contributed by atoms with E-state index in [2.05, 4.69) is 10.6 Å². The summed E-state index contributed by atoms with van der Waals surface area (Å²) in [5, 5.41) is 6.19. The van der Waals surface area contributed by atoms with Crippen LogP contribution in [0.5, 0.6) is 0 Å². The number of anilines is 1. The van der Waals surface area contributed by atoms with Crippen LogP contribution in [0.4, 0.5) is 5.69 Å². The highest BCUT2D eigenvalue weighted by Crippen LogP contribution is 2.29. The number of carbonyl (C=O) groups is 1. The number of hydrogen-bond acceptors (Lipinski definition) is 3. The van der Waals surface area contributed by atoms with E-state index in [1.807, 2.05) is 24.3 Å². The largest absolute Gasteiger partial charge is 0.376 e. The molecule has 4 nitrogen and oxygen atoms in total. The van der Waals surface area contributed by atoms with Gasteiger partial charge in [-0.2, -0.15) is 0 Å². The molecule has 1 aromatic carbocycles. The van der Waals surface area contributed by atoms with Crippen molar-refractivity contribution in [3.8, 4) is 0 Å². The van der Waals surface area contributed by atoms with E-state index in [9.17, 15) is 4.79 Å². The molecule has 5 heteroatoms. The first-order valence-electron chi connectivity index (χ1n) is 7.52. The van der Waals surface area contributed by atoms with Gasteiger partial charge in [0, 0.05) is 12.3 Å². The summed E-state index contributed by atoms with van der Waals surface area (Å²) in [5.74, 6) is 0.852. The Labute approximate surface area is 132 Å². The molecule has 1 saturated heterocycles. The Morgan fingerprint density at radius 1 is 1.33 bits per heavy atom. The van der Waals surface area contributed by atoms with Crippen LogP contribution in [-0.2, 0) is 16.1 Å². The lowest BCUT2D eigenvalue weighted by molar-refractivity contribution is -0.117. The SMILES string of the molecule is Cl.O=C(Nc1cccc(COCC2CC2)c1)C1CCCN1. The zero-order chi connectivity index (χ0) is 13.8. The highest BCUT2D eigenvalue weighted by Gasteiger charge is 2.22. The van der Waals surface area contributed by atoms with Crippen LogP contribution in [-0.4, -0.2) is 25.1 Å². The summed E-state index contributed by atoms with van der Waals surface area (Å²) in [4.78, 5) is 12.0. The molecule has 3 rings (SSSR count). The van der Waals surface area contributed by atoms with Crippen molar-refractivity contribution in [3.63, 3.8) is 0 Å². The summed E-state index contributed by atoms with van der Waals surface area (Å²) in [6.07, 6.45) is 4.62. The number of benzene rings is 1. The second-order valence-electron chi connectivity index (χ2n) is 5.80. The first-order valence-corrected chi connectivity index (χ1v) is 7.52. The van der Waals surface area contributed by atoms with Crippen LogP contribution in [0.15, 0.2) is 24.3 Å². The van der Waals surface area contributed by atoms with Gasteiger partial charge >= 0.3 is 0 Å². The Morgan fingerprint density at radius 2 is 2.19 bits per heavy atom. The molecule has 0 radical (unpaired) electrons. The fourth-order valence-electron chi connectivity index (χ4n) is 2.50. The monoisotopic (exact) mass is 310 g/mol. The second-order valence-corrected chi connectivity index (χ2v) is 5.80. The molecule has 21 heavy (non-hydrogen) atoms. The molecule has 0 aromatic heterocycles. The number of hydrogen-bond donors (Lipinski definition) is 2. The summed E-state index contributed by atoms with van der Waals surface area (Å²) in [6.45, 7) is 2.43. The van der Waals surface area contributed by atoms with Gasteiger partial charge in [0.05, 0.1) is 12.6 Å². The van der Waals surface area contributed by atoms with Gasteiger partial charge in [0.15, 0.2) is 0 Å². The van der Waals surface area contributed by atoms with Crippen LogP contribution in [0.25, 0.3) is 0 Å². The summed E-state index contributed by atoms with van der Waals surface area (Å²) < 4.78 is 5.68. The van der Waals surface area contributed by atoms with Crippen LogP contribution in [0.2, 0.25) is 0 Å². The van der Waals surface area contributed by atoms with E-state index in [0.717, 1.165) is 43.2 Å². The molecule has 1 aliphatic carbocycles. The van der Waals surface area contributed by atoms with Gasteiger partial charge < -0.3 is 15.4 Å². The maximum Gasteiger partial charge on any atom is 0.241 e. The van der Waals surface area contributed by atoms with Gasteiger partial charge in [-0.15, -0.1) is 12.4 Å². The topological polar surface area (TPSA) is 50.4 Å². The Bertz CT molecular complexity index is 471. The maximum absolute atomic E-state index is 12.0. The standard InChI is InChI=1S/C16H22N2O2.ClH/c19-16(15-5-2-8-17-15)18-14-4-1-3-13(9-14)11-20-10-12-6-7-12;/h1,3-4,9,12,15,17H,2,5-8,10-11H2,(H,18,19);1H. The number of nitrogens with one attached hydrogen (secondary N) is 2. The van der Waals surface area contributed by atoms with Gasteiger partial charge in [0.25, 0.3) is 0 Å². The maximum atomic E-state index is 12.0. The van der Waals surface area contributed by atoms with Gasteiger partial charge in [-0.1, -0.05) is 12.1 Å². The molecule has 1 atom stereocenters. The van der Waals surface area contributed by atoms with Crippen molar-refractivity contribution in [2.45, 2.75) is 38.3 Å². The number of halogens is 1. The molecule has 1 aromatic rings. The van der Waals surface area contributed by atoms with E-state index in [1.54, 1.807) is 0 Å². The first kappa shape index (κ1) is 16.3. The Morgan fingerprint density at radius 3 is 2.90 bits per heavy atom. The third kappa shape index (κ3) is 4.99. The fourth-order valence-corrected chi connectivity index (χ4v) is 2.50. The van der Waals surface area contributed by atoms with Crippen LogP contribution in [0, 0.1) is 5.92 Å². The minimum absolute atomic E-state index is 0.